The molecule has 1 aliphatic rings. The molecule has 0 amide bonds. The van der Waals surface area contributed by atoms with Gasteiger partial charge in [0.2, 0.25) is 0 Å². The summed E-state index contributed by atoms with van der Waals surface area (Å²) >= 11 is 0. The van der Waals surface area contributed by atoms with E-state index < -0.39 is 10.1 Å². The van der Waals surface area contributed by atoms with E-state index in [1.165, 1.54) is 19.3 Å². The summed E-state index contributed by atoms with van der Waals surface area (Å²) in [6, 6.07) is 0. The topological polar surface area (TPSA) is 43.4 Å². The van der Waals surface area contributed by atoms with Crippen LogP contribution in [0.1, 0.15) is 51.9 Å². The van der Waals surface area contributed by atoms with Crippen molar-refractivity contribution in [3.8, 4) is 0 Å². The van der Waals surface area contributed by atoms with Crippen LogP contribution in [0.2, 0.25) is 0 Å². The second-order valence-corrected chi connectivity index (χ2v) is 6.19. The maximum atomic E-state index is 11.0. The molecule has 0 aromatic rings. The minimum Gasteiger partial charge on any atom is -0.267 e. The predicted octanol–water partition coefficient (Wildman–Crippen LogP) is 2.71. The van der Waals surface area contributed by atoms with Gasteiger partial charge in [-0.2, -0.15) is 8.42 Å². The summed E-state index contributed by atoms with van der Waals surface area (Å²) in [5, 5.41) is 0. The average Bonchev–Trinajstić information content (AvgIpc) is 2.29. The Morgan fingerprint density at radius 3 is 2.53 bits per heavy atom. The molecule has 15 heavy (non-hydrogen) atoms. The first-order chi connectivity index (χ1) is 7.01. The summed E-state index contributed by atoms with van der Waals surface area (Å²) in [7, 11) is -3.27. The van der Waals surface area contributed by atoms with E-state index in [1.54, 1.807) is 0 Å². The molecule has 2 atom stereocenters. The fourth-order valence-corrected chi connectivity index (χ4v) is 3.07. The summed E-state index contributed by atoms with van der Waals surface area (Å²) in [5.74, 6) is 0.781. The zero-order valence-corrected chi connectivity index (χ0v) is 10.6. The van der Waals surface area contributed by atoms with Crippen molar-refractivity contribution in [2.45, 2.75) is 58.0 Å². The number of rotatable bonds is 4. The van der Waals surface area contributed by atoms with Gasteiger partial charge in [0, 0.05) is 0 Å². The summed E-state index contributed by atoms with van der Waals surface area (Å²) in [6.07, 6.45) is 8.82. The molecule has 1 fully saturated rings. The fraction of sp³-hybridized carbons (Fsp3) is 1.00. The molecule has 1 saturated carbocycles. The van der Waals surface area contributed by atoms with Crippen LogP contribution in [0.25, 0.3) is 0 Å². The van der Waals surface area contributed by atoms with E-state index in [4.69, 9.17) is 4.18 Å². The third-order valence-corrected chi connectivity index (χ3v) is 3.66. The average molecular weight is 234 g/mol. The van der Waals surface area contributed by atoms with Crippen LogP contribution in [-0.2, 0) is 14.3 Å². The molecule has 0 N–H and O–H groups in total. The number of hydrogen-bond donors (Lipinski definition) is 0. The van der Waals surface area contributed by atoms with Gasteiger partial charge < -0.3 is 0 Å². The molecule has 0 bridgehead atoms. The molecule has 0 aliphatic heterocycles. The molecule has 3 nitrogen and oxygen atoms in total. The van der Waals surface area contributed by atoms with Crippen molar-refractivity contribution in [1.82, 2.24) is 0 Å². The third kappa shape index (κ3) is 5.52. The Morgan fingerprint density at radius 1 is 1.20 bits per heavy atom. The van der Waals surface area contributed by atoms with Crippen LogP contribution in [0.3, 0.4) is 0 Å². The monoisotopic (exact) mass is 234 g/mol. The van der Waals surface area contributed by atoms with E-state index in [2.05, 4.69) is 6.92 Å². The van der Waals surface area contributed by atoms with Crippen LogP contribution < -0.4 is 0 Å². The van der Waals surface area contributed by atoms with Crippen LogP contribution in [0.5, 0.6) is 0 Å². The molecule has 1 rings (SSSR count). The molecule has 0 radical (unpaired) electrons. The first-order valence-electron chi connectivity index (χ1n) is 5.89. The maximum Gasteiger partial charge on any atom is 0.264 e. The Kier molecular flexibility index (Phi) is 5.06. The van der Waals surface area contributed by atoms with Crippen molar-refractivity contribution in [3.05, 3.63) is 0 Å². The maximum absolute atomic E-state index is 11.0. The molecule has 4 heteroatoms. The third-order valence-electron chi connectivity index (χ3n) is 3.04. The molecular weight excluding hydrogens is 212 g/mol. The standard InChI is InChI=1S/C11H22O3S/c1-3-5-10-6-4-7-11(9-8-10)14-15(2,12)13/h10-11H,3-9H2,1-2H3. The highest BCUT2D eigenvalue weighted by molar-refractivity contribution is 7.86. The fourth-order valence-electron chi connectivity index (χ4n) is 2.38. The molecule has 0 heterocycles. The van der Waals surface area contributed by atoms with Gasteiger partial charge in [0.15, 0.2) is 0 Å². The van der Waals surface area contributed by atoms with E-state index in [1.807, 2.05) is 0 Å². The van der Waals surface area contributed by atoms with Gasteiger partial charge in [-0.15, -0.1) is 0 Å². The molecular formula is C11H22O3S. The van der Waals surface area contributed by atoms with E-state index >= 15 is 0 Å². The van der Waals surface area contributed by atoms with Crippen molar-refractivity contribution in [1.29, 1.82) is 0 Å². The lowest BCUT2D eigenvalue weighted by molar-refractivity contribution is 0.191. The van der Waals surface area contributed by atoms with Gasteiger partial charge in [-0.05, 0) is 25.2 Å². The predicted molar refractivity (Wildman–Crippen MR) is 61.2 cm³/mol. The Bertz CT molecular complexity index is 272. The zero-order valence-electron chi connectivity index (χ0n) is 9.74. The van der Waals surface area contributed by atoms with Crippen LogP contribution in [0.4, 0.5) is 0 Å². The van der Waals surface area contributed by atoms with Gasteiger partial charge in [-0.25, -0.2) is 0 Å². The van der Waals surface area contributed by atoms with Crippen molar-refractivity contribution in [2.24, 2.45) is 5.92 Å². The van der Waals surface area contributed by atoms with Crippen molar-refractivity contribution >= 4 is 10.1 Å². The molecule has 0 aromatic carbocycles. The summed E-state index contributed by atoms with van der Waals surface area (Å²) in [5.41, 5.74) is 0. The van der Waals surface area contributed by atoms with Gasteiger partial charge in [0.05, 0.1) is 12.4 Å². The highest BCUT2D eigenvalue weighted by Crippen LogP contribution is 2.28. The Morgan fingerprint density at radius 2 is 1.93 bits per heavy atom. The van der Waals surface area contributed by atoms with E-state index in [-0.39, 0.29) is 6.10 Å². The second kappa shape index (κ2) is 5.85. The summed E-state index contributed by atoms with van der Waals surface area (Å²) in [6.45, 7) is 2.20. The zero-order chi connectivity index (χ0) is 11.3. The molecule has 2 unspecified atom stereocenters. The van der Waals surface area contributed by atoms with Crippen LogP contribution in [0.15, 0.2) is 0 Å². The van der Waals surface area contributed by atoms with Crippen LogP contribution in [-0.4, -0.2) is 20.8 Å². The van der Waals surface area contributed by atoms with E-state index in [0.717, 1.165) is 37.9 Å². The molecule has 1 aliphatic carbocycles. The minimum atomic E-state index is -3.27. The minimum absolute atomic E-state index is 0.0677. The van der Waals surface area contributed by atoms with Crippen molar-refractivity contribution in [2.75, 3.05) is 6.26 Å². The highest BCUT2D eigenvalue weighted by Gasteiger charge is 2.21. The molecule has 0 spiro atoms. The van der Waals surface area contributed by atoms with Crippen LogP contribution >= 0.6 is 0 Å². The highest BCUT2D eigenvalue weighted by atomic mass is 32.2. The number of hydrogen-bond acceptors (Lipinski definition) is 3. The quantitative estimate of drug-likeness (QED) is 0.555. The van der Waals surface area contributed by atoms with E-state index in [9.17, 15) is 8.42 Å². The van der Waals surface area contributed by atoms with Gasteiger partial charge >= 0.3 is 0 Å². The van der Waals surface area contributed by atoms with E-state index in [0.29, 0.717) is 0 Å². The van der Waals surface area contributed by atoms with Crippen LogP contribution in [0, 0.1) is 5.92 Å². The van der Waals surface area contributed by atoms with Gasteiger partial charge in [0.1, 0.15) is 0 Å². The lowest BCUT2D eigenvalue weighted by Crippen LogP contribution is -2.16. The van der Waals surface area contributed by atoms with Gasteiger partial charge in [-0.1, -0.05) is 32.6 Å². The lowest BCUT2D eigenvalue weighted by atomic mass is 9.95. The lowest BCUT2D eigenvalue weighted by Gasteiger charge is -2.14. The molecule has 90 valence electrons. The van der Waals surface area contributed by atoms with Gasteiger partial charge in [0.25, 0.3) is 10.1 Å². The molecule has 0 aromatic heterocycles. The summed E-state index contributed by atoms with van der Waals surface area (Å²) < 4.78 is 27.1. The first kappa shape index (κ1) is 13.0. The Hall–Kier alpha value is -0.0900. The van der Waals surface area contributed by atoms with Crippen molar-refractivity contribution < 1.29 is 12.6 Å². The second-order valence-electron chi connectivity index (χ2n) is 4.59. The largest absolute Gasteiger partial charge is 0.267 e. The smallest absolute Gasteiger partial charge is 0.264 e. The van der Waals surface area contributed by atoms with Gasteiger partial charge in [-0.3, -0.25) is 4.18 Å². The Balaban J connectivity index is 2.39. The SMILES string of the molecule is CCCC1CCCC(OS(C)(=O)=O)CC1. The first-order valence-corrected chi connectivity index (χ1v) is 7.71. The normalized spacial score (nSPS) is 28.7. The van der Waals surface area contributed by atoms with Crippen molar-refractivity contribution in [3.63, 3.8) is 0 Å². The Labute approximate surface area is 93.3 Å². The molecule has 0 saturated heterocycles. The summed E-state index contributed by atoms with van der Waals surface area (Å²) in [4.78, 5) is 0.